The second kappa shape index (κ2) is 6.04. The Bertz CT molecular complexity index is 805. The Balaban J connectivity index is 2.40. The van der Waals surface area contributed by atoms with Gasteiger partial charge < -0.3 is 0 Å². The maximum absolute atomic E-state index is 12.6. The van der Waals surface area contributed by atoms with Crippen LogP contribution in [-0.2, 0) is 16.0 Å². The van der Waals surface area contributed by atoms with Crippen molar-refractivity contribution in [2.24, 2.45) is 5.41 Å². The fraction of sp³-hybridized carbons (Fsp3) is 0.200. The zero-order chi connectivity index (χ0) is 16.6. The molecule has 1 aliphatic rings. The van der Waals surface area contributed by atoms with E-state index < -0.39 is 5.41 Å². The number of fused-ring (bicyclic) bond motifs is 1. The lowest BCUT2D eigenvalue weighted by Gasteiger charge is -2.37. The van der Waals surface area contributed by atoms with Gasteiger partial charge in [-0.05, 0) is 65.1 Å². The largest absolute Gasteiger partial charge is 0.299 e. The van der Waals surface area contributed by atoms with Crippen molar-refractivity contribution in [2.75, 3.05) is 0 Å². The summed E-state index contributed by atoms with van der Waals surface area (Å²) in [5.74, 6) is -0.181. The molecule has 116 valence electrons. The minimum absolute atomic E-state index is 0.0903. The summed E-state index contributed by atoms with van der Waals surface area (Å²) in [4.78, 5) is 25.3. The minimum Gasteiger partial charge on any atom is -0.299 e. The summed E-state index contributed by atoms with van der Waals surface area (Å²) in [7, 11) is 0. The highest BCUT2D eigenvalue weighted by atomic mass is 127. The molecule has 2 aromatic carbocycles. The van der Waals surface area contributed by atoms with Crippen LogP contribution in [0.15, 0.2) is 54.6 Å². The molecule has 0 unspecified atom stereocenters. The van der Waals surface area contributed by atoms with E-state index in [1.807, 2.05) is 48.5 Å². The van der Waals surface area contributed by atoms with Crippen molar-refractivity contribution in [1.29, 1.82) is 0 Å². The van der Waals surface area contributed by atoms with Gasteiger partial charge in [-0.15, -0.1) is 0 Å². The Morgan fingerprint density at radius 1 is 0.913 bits per heavy atom. The molecule has 0 atom stereocenters. The van der Waals surface area contributed by atoms with Crippen LogP contribution < -0.4 is 0 Å². The molecule has 0 radical (unpaired) electrons. The molecule has 3 heteroatoms. The molecule has 0 aromatic heterocycles. The van der Waals surface area contributed by atoms with Crippen molar-refractivity contribution in [3.63, 3.8) is 0 Å². The molecule has 23 heavy (non-hydrogen) atoms. The van der Waals surface area contributed by atoms with Crippen LogP contribution in [0.4, 0.5) is 0 Å². The lowest BCUT2D eigenvalue weighted by Crippen LogP contribution is -2.42. The lowest BCUT2D eigenvalue weighted by molar-refractivity contribution is -0.134. The first kappa shape index (κ1) is 16.1. The number of ketones is 2. The van der Waals surface area contributed by atoms with E-state index in [1.165, 1.54) is 13.8 Å². The summed E-state index contributed by atoms with van der Waals surface area (Å²) < 4.78 is 0.987. The molecule has 3 rings (SSSR count). The first-order chi connectivity index (χ1) is 11.0. The average Bonchev–Trinajstić information content (AvgIpc) is 2.55. The monoisotopic (exact) mass is 416 g/mol. The Labute approximate surface area is 149 Å². The molecule has 0 bridgehead atoms. The number of hydrogen-bond donors (Lipinski definition) is 0. The zero-order valence-electron chi connectivity index (χ0n) is 13.1. The molecule has 0 aliphatic heterocycles. The standard InChI is InChI=1S/C20H17IO2/c1-13(22)20(14(2)23)12-16-10-6-7-11-17(16)19(21)18(20)15-8-4-3-5-9-15/h3-11H,12H2,1-2H3. The number of carbonyl (C=O) groups is 2. The van der Waals surface area contributed by atoms with Gasteiger partial charge in [-0.1, -0.05) is 54.6 Å². The molecule has 0 saturated heterocycles. The van der Waals surface area contributed by atoms with Crippen LogP contribution in [0.3, 0.4) is 0 Å². The summed E-state index contributed by atoms with van der Waals surface area (Å²) >= 11 is 2.28. The van der Waals surface area contributed by atoms with Gasteiger partial charge in [0, 0.05) is 3.58 Å². The Morgan fingerprint density at radius 3 is 2.09 bits per heavy atom. The molecule has 2 aromatic rings. The number of halogens is 1. The summed E-state index contributed by atoms with van der Waals surface area (Å²) in [5.41, 5.74) is 2.87. The van der Waals surface area contributed by atoms with Gasteiger partial charge in [-0.25, -0.2) is 0 Å². The molecule has 0 N–H and O–H groups in total. The van der Waals surface area contributed by atoms with E-state index in [4.69, 9.17) is 0 Å². The second-order valence-corrected chi connectivity index (χ2v) is 6.99. The average molecular weight is 416 g/mol. The molecular formula is C20H17IO2. The first-order valence-electron chi connectivity index (χ1n) is 7.54. The maximum Gasteiger partial charge on any atom is 0.148 e. The quantitative estimate of drug-likeness (QED) is 0.537. The van der Waals surface area contributed by atoms with Gasteiger partial charge in [-0.2, -0.15) is 0 Å². The first-order valence-corrected chi connectivity index (χ1v) is 8.62. The number of Topliss-reactive ketones (excluding diaryl/α,β-unsaturated/α-hetero) is 2. The number of hydrogen-bond acceptors (Lipinski definition) is 2. The SMILES string of the molecule is CC(=O)C1(C(C)=O)Cc2ccccc2C(I)=C1c1ccccc1. The number of rotatable bonds is 3. The van der Waals surface area contributed by atoms with Crippen LogP contribution in [0, 0.1) is 5.41 Å². The van der Waals surface area contributed by atoms with Gasteiger partial charge >= 0.3 is 0 Å². The van der Waals surface area contributed by atoms with E-state index in [2.05, 4.69) is 28.7 Å². The van der Waals surface area contributed by atoms with Crippen LogP contribution in [0.1, 0.15) is 30.5 Å². The second-order valence-electron chi connectivity index (χ2n) is 5.91. The van der Waals surface area contributed by atoms with Gasteiger partial charge in [0.25, 0.3) is 0 Å². The molecule has 1 aliphatic carbocycles. The van der Waals surface area contributed by atoms with Crippen molar-refractivity contribution >= 4 is 43.3 Å². The van der Waals surface area contributed by atoms with Gasteiger partial charge in [0.05, 0.1) is 0 Å². The molecule has 2 nitrogen and oxygen atoms in total. The smallest absolute Gasteiger partial charge is 0.148 e. The van der Waals surface area contributed by atoms with Gasteiger partial charge in [0.1, 0.15) is 17.0 Å². The van der Waals surface area contributed by atoms with Crippen LogP contribution in [-0.4, -0.2) is 11.6 Å². The van der Waals surface area contributed by atoms with Crippen molar-refractivity contribution in [2.45, 2.75) is 20.3 Å². The van der Waals surface area contributed by atoms with Crippen LogP contribution in [0.25, 0.3) is 9.15 Å². The van der Waals surface area contributed by atoms with E-state index >= 15 is 0 Å². The third kappa shape index (κ3) is 2.47. The highest BCUT2D eigenvalue weighted by Crippen LogP contribution is 2.51. The zero-order valence-corrected chi connectivity index (χ0v) is 15.3. The summed E-state index contributed by atoms with van der Waals surface area (Å²) in [6.07, 6.45) is 0.435. The molecule has 0 spiro atoms. The van der Waals surface area contributed by atoms with E-state index in [-0.39, 0.29) is 11.6 Å². The lowest BCUT2D eigenvalue weighted by atomic mass is 9.64. The summed E-state index contributed by atoms with van der Waals surface area (Å²) in [5, 5.41) is 0. The normalized spacial score (nSPS) is 16.0. The van der Waals surface area contributed by atoms with E-state index in [0.717, 1.165) is 25.8 Å². The Morgan fingerprint density at radius 2 is 1.48 bits per heavy atom. The van der Waals surface area contributed by atoms with Crippen molar-refractivity contribution in [3.05, 3.63) is 71.3 Å². The van der Waals surface area contributed by atoms with E-state index in [9.17, 15) is 9.59 Å². The topological polar surface area (TPSA) is 34.1 Å². The molecule has 0 amide bonds. The summed E-state index contributed by atoms with van der Waals surface area (Å²) in [6, 6.07) is 17.8. The highest BCUT2D eigenvalue weighted by Gasteiger charge is 2.48. The van der Waals surface area contributed by atoms with Crippen LogP contribution in [0.5, 0.6) is 0 Å². The maximum atomic E-state index is 12.6. The number of allylic oxidation sites excluding steroid dienone is 1. The Hall–Kier alpha value is -1.75. The van der Waals surface area contributed by atoms with Crippen molar-refractivity contribution < 1.29 is 9.59 Å². The van der Waals surface area contributed by atoms with Gasteiger partial charge in [-0.3, -0.25) is 9.59 Å². The Kier molecular flexibility index (Phi) is 4.23. The molecule has 0 heterocycles. The fourth-order valence-electron chi connectivity index (χ4n) is 3.41. The number of benzene rings is 2. The summed E-state index contributed by atoms with van der Waals surface area (Å²) in [6.45, 7) is 3.06. The minimum atomic E-state index is -1.09. The van der Waals surface area contributed by atoms with E-state index in [1.54, 1.807) is 0 Å². The van der Waals surface area contributed by atoms with Crippen molar-refractivity contribution in [1.82, 2.24) is 0 Å². The molecule has 0 fully saturated rings. The third-order valence-corrected chi connectivity index (χ3v) is 5.74. The molecular weight excluding hydrogens is 399 g/mol. The van der Waals surface area contributed by atoms with E-state index in [0.29, 0.717) is 6.42 Å². The van der Waals surface area contributed by atoms with Crippen LogP contribution in [0.2, 0.25) is 0 Å². The van der Waals surface area contributed by atoms with Crippen LogP contribution >= 0.6 is 22.6 Å². The third-order valence-electron chi connectivity index (χ3n) is 4.62. The van der Waals surface area contributed by atoms with Crippen molar-refractivity contribution in [3.8, 4) is 0 Å². The molecule has 0 saturated carbocycles. The van der Waals surface area contributed by atoms with Gasteiger partial charge in [0.15, 0.2) is 0 Å². The number of carbonyl (C=O) groups excluding carboxylic acids is 2. The fourth-order valence-corrected chi connectivity index (χ4v) is 4.71. The highest BCUT2D eigenvalue weighted by molar-refractivity contribution is 14.1. The predicted octanol–water partition coefficient (Wildman–Crippen LogP) is 4.71. The van der Waals surface area contributed by atoms with Gasteiger partial charge in [0.2, 0.25) is 0 Å². The predicted molar refractivity (Wildman–Crippen MR) is 101 cm³/mol.